The predicted octanol–water partition coefficient (Wildman–Crippen LogP) is 17.6. The minimum Gasteiger partial charge on any atom is -0.523 e. The van der Waals surface area contributed by atoms with Gasteiger partial charge in [0.1, 0.15) is 23.1 Å². The topological polar surface area (TPSA) is 227 Å². The van der Waals surface area contributed by atoms with E-state index >= 15 is 0 Å². The number of rotatable bonds is 0. The Morgan fingerprint density at radius 2 is 0.636 bits per heavy atom. The van der Waals surface area contributed by atoms with Crippen LogP contribution in [0.4, 0.5) is 0 Å². The number of carbonyl (C=O) groups is 2. The number of ketones is 2. The fourth-order valence-corrected chi connectivity index (χ4v) is 28.9. The second-order valence-corrected chi connectivity index (χ2v) is 43.3. The summed E-state index contributed by atoms with van der Waals surface area (Å²) in [5.41, 5.74) is 16.3. The van der Waals surface area contributed by atoms with Crippen LogP contribution in [0.25, 0.3) is 9.69 Å². The Morgan fingerprint density at radius 1 is 0.356 bits per heavy atom. The minimum atomic E-state index is -0.372. The zero-order chi connectivity index (χ0) is 85.4. The molecule has 6 aromatic heterocycles. The molecule has 12 aliphatic carbocycles. The average molecular weight is 1620 g/mol. The van der Waals surface area contributed by atoms with Crippen LogP contribution < -0.4 is 0 Å². The molecular formula is C96H138N14O8. The summed E-state index contributed by atoms with van der Waals surface area (Å²) < 4.78 is 36.5. The fourth-order valence-electron chi connectivity index (χ4n) is 28.9. The van der Waals surface area contributed by atoms with Gasteiger partial charge in [-0.1, -0.05) is 125 Å². The summed E-state index contributed by atoms with van der Waals surface area (Å²) in [6, 6.07) is 0. The van der Waals surface area contributed by atoms with Gasteiger partial charge in [0.15, 0.2) is 11.6 Å². The highest BCUT2D eigenvalue weighted by Crippen LogP contribution is 2.67. The molecular weight excluding hydrogens is 1480 g/mol. The highest BCUT2D eigenvalue weighted by Gasteiger charge is 2.67. The third-order valence-corrected chi connectivity index (χ3v) is 34.8. The van der Waals surface area contributed by atoms with Crippen LogP contribution in [0, 0.1) is 81.1 Å². The molecule has 8 heterocycles. The number of aromatic nitrogens is 12. The smallest absolute Gasteiger partial charge is 0.203 e. The maximum atomic E-state index is 12.2. The number of nitrogens with zero attached hydrogens (tertiary/aromatic N) is 14. The molecule has 22 heteroatoms. The van der Waals surface area contributed by atoms with E-state index in [1.165, 1.54) is 74.7 Å². The summed E-state index contributed by atoms with van der Waals surface area (Å²) in [6.45, 7) is 57.8. The average Bonchev–Trinajstić information content (AvgIpc) is 1.27. The zero-order valence-electron chi connectivity index (χ0n) is 75.9. The minimum absolute atomic E-state index is 0.0196. The Kier molecular flexibility index (Phi) is 21.1. The highest BCUT2D eigenvalue weighted by molar-refractivity contribution is 5.86. The molecule has 14 aliphatic rings. The van der Waals surface area contributed by atoms with Gasteiger partial charge in [0, 0.05) is 169 Å². The number of allylic oxidation sites excluding steroid dienone is 4. The monoisotopic (exact) mass is 1620 g/mol. The number of ether oxygens (including phenoxy) is 4. The second-order valence-electron chi connectivity index (χ2n) is 43.3. The van der Waals surface area contributed by atoms with Crippen LogP contribution in [-0.4, -0.2) is 118 Å². The van der Waals surface area contributed by atoms with Crippen LogP contribution in [-0.2, 0) is 142 Å². The molecule has 2 saturated heterocycles. The molecule has 0 bridgehead atoms. The zero-order valence-corrected chi connectivity index (χ0v) is 75.9. The van der Waals surface area contributed by atoms with E-state index in [-0.39, 0.29) is 82.3 Å². The lowest BCUT2D eigenvalue weighted by molar-refractivity contribution is -0.276. The lowest BCUT2D eigenvalue weighted by Gasteiger charge is -2.59. The lowest BCUT2D eigenvalue weighted by Crippen LogP contribution is -2.61. The van der Waals surface area contributed by atoms with Gasteiger partial charge in [-0.05, 0) is 184 Å². The van der Waals surface area contributed by atoms with E-state index in [2.05, 4.69) is 191 Å². The standard InChI is InChI=1S/2C17H26N2O2.2C16H21N3O.2C15H22N2O/c1-15(2)13-6-5-12-11-19(4)18-14(12)16(13,3)7-8-17(15)20-9-10-21-17;1-15(2)13-6-5-12-11-18-19(4)14(12)16(13,3)7-8-17(15)20-9-10-21-17;1-15(2)12-7-6-10-9-19(5)18-13(10)16(12,3)8-11(17-4)14(15)20;1-15(2)12-7-6-10-9-18-19(5)13(10)16(12,3)8-11(17-4)14(15)20;1-14(2)11-6-5-10-9-17(4)16-13(10)15(11,3)8-7-12(14)18;1-14(2)11-6-5-10-9-16-17(4)13(10)15(11,3)8-7-12(14)18/h2*11,13H,5-10H2,1-4H3;2*9,12,20H,6-8H2,1-3,5H3;2*9,11H,5-8H2,1-4H3/t2*13-,16-;2*12-,16-;2*11-,15-/m000000/s1. The van der Waals surface area contributed by atoms with Crippen LogP contribution in [0.2, 0.25) is 0 Å². The van der Waals surface area contributed by atoms with E-state index in [1.807, 2.05) is 71.0 Å². The molecule has 6 fully saturated rings. The molecule has 640 valence electrons. The number of aryl methyl sites for hydroxylation is 12. The van der Waals surface area contributed by atoms with Gasteiger partial charge in [-0.25, -0.2) is 9.69 Å². The molecule has 2 spiro atoms. The van der Waals surface area contributed by atoms with Crippen molar-refractivity contribution in [1.29, 1.82) is 0 Å². The summed E-state index contributed by atoms with van der Waals surface area (Å²) in [4.78, 5) is 31.6. The van der Waals surface area contributed by atoms with Gasteiger partial charge < -0.3 is 29.2 Å². The van der Waals surface area contributed by atoms with Crippen LogP contribution >= 0.6 is 0 Å². The quantitative estimate of drug-likeness (QED) is 0.135. The van der Waals surface area contributed by atoms with E-state index < -0.39 is 0 Å². The third kappa shape index (κ3) is 12.8. The number of aliphatic hydroxyl groups excluding tert-OH is 2. The number of carbonyl (C=O) groups excluding carboxylic acids is 2. The molecule has 6 aromatic rings. The summed E-state index contributed by atoms with van der Waals surface area (Å²) >= 11 is 0. The van der Waals surface area contributed by atoms with Crippen LogP contribution in [0.1, 0.15) is 295 Å². The Balaban J connectivity index is 0.000000111. The predicted molar refractivity (Wildman–Crippen MR) is 455 cm³/mol. The van der Waals surface area contributed by atoms with Gasteiger partial charge in [-0.15, -0.1) is 0 Å². The molecule has 2 N–H and O–H groups in total. The summed E-state index contributed by atoms with van der Waals surface area (Å²) in [7, 11) is 12.1. The van der Waals surface area contributed by atoms with Crippen molar-refractivity contribution in [2.75, 3.05) is 26.4 Å². The molecule has 0 unspecified atom stereocenters. The summed E-state index contributed by atoms with van der Waals surface area (Å²) in [6.07, 6.45) is 34.4. The molecule has 118 heavy (non-hydrogen) atoms. The molecule has 22 nitrogen and oxygen atoms in total. The number of hydrogen-bond donors (Lipinski definition) is 2. The molecule has 0 aromatic carbocycles. The Hall–Kier alpha value is -7.50. The maximum absolute atomic E-state index is 12.2. The first-order chi connectivity index (χ1) is 55.1. The lowest BCUT2D eigenvalue weighted by atomic mass is 9.49. The van der Waals surface area contributed by atoms with Crippen molar-refractivity contribution in [3.63, 3.8) is 0 Å². The van der Waals surface area contributed by atoms with Crippen molar-refractivity contribution in [3.8, 4) is 0 Å². The highest BCUT2D eigenvalue weighted by atomic mass is 16.7. The van der Waals surface area contributed by atoms with E-state index in [0.717, 1.165) is 135 Å². The van der Waals surface area contributed by atoms with Crippen LogP contribution in [0.15, 0.2) is 60.1 Å². The van der Waals surface area contributed by atoms with Crippen molar-refractivity contribution in [2.24, 2.45) is 110 Å². The fraction of sp³-hybridized carbons (Fsp3) is 0.729. The van der Waals surface area contributed by atoms with Gasteiger partial charge in [0.05, 0.1) is 75.2 Å². The first kappa shape index (κ1) is 85.5. The van der Waals surface area contributed by atoms with Crippen LogP contribution in [0.5, 0.6) is 0 Å². The van der Waals surface area contributed by atoms with E-state index in [9.17, 15) is 19.8 Å². The molecule has 20 rings (SSSR count). The Labute approximate surface area is 702 Å². The number of hydrogen-bond acceptors (Lipinski definition) is 14. The number of fused-ring (bicyclic) bond motifs is 18. The molecule has 4 saturated carbocycles. The maximum Gasteiger partial charge on any atom is 0.203 e. The molecule has 12 atom stereocenters. The van der Waals surface area contributed by atoms with Crippen LogP contribution in [0.3, 0.4) is 0 Å². The van der Waals surface area contributed by atoms with Crippen molar-refractivity contribution >= 4 is 11.6 Å². The van der Waals surface area contributed by atoms with Crippen molar-refractivity contribution < 1.29 is 38.7 Å². The summed E-state index contributed by atoms with van der Waals surface area (Å²) in [5.74, 6) is 3.39. The van der Waals surface area contributed by atoms with Gasteiger partial charge in [-0.2, -0.15) is 30.6 Å². The van der Waals surface area contributed by atoms with Gasteiger partial charge in [0.25, 0.3) is 0 Å². The summed E-state index contributed by atoms with van der Waals surface area (Å²) in [5, 5.41) is 48.5. The third-order valence-electron chi connectivity index (χ3n) is 34.8. The van der Waals surface area contributed by atoms with Gasteiger partial charge in [-0.3, -0.25) is 37.7 Å². The van der Waals surface area contributed by atoms with E-state index in [0.29, 0.717) is 89.9 Å². The SMILES string of the molecule is Cn1cc2c(n1)[C@@]1(C)CCC(=O)C(C)(C)[C@@H]1CC2.Cn1cc2c(n1)[C@@]1(C)CCC3(OCCO3)C(C)(C)[C@@H]1CC2.Cn1ncc2c1[C@@]1(C)CCC(=O)C(C)(C)[C@@H]1CC2.Cn1ncc2c1[C@@]1(C)CCC3(OCCO3)C(C)(C)[C@@H]1CC2.[C-]#[N+]C1=C(O)C(C)(C)[C@@H]2CCc3cn(C)nc3[C@@]2(C)C1.[C-]#[N+]C1=C(O)C(C)(C)[C@@H]2CCc3cnn(C)c3[C@@]2(C)C1. The largest absolute Gasteiger partial charge is 0.523 e. The first-order valence-electron chi connectivity index (χ1n) is 44.5. The Bertz CT molecular complexity index is 5060. The van der Waals surface area contributed by atoms with E-state index in [4.69, 9.17) is 42.3 Å². The first-order valence-corrected chi connectivity index (χ1v) is 44.5. The molecule has 2 aliphatic heterocycles. The van der Waals surface area contributed by atoms with Crippen molar-refractivity contribution in [3.05, 3.63) is 150 Å². The normalized spacial score (nSPS) is 34.0. The van der Waals surface area contributed by atoms with Crippen molar-refractivity contribution in [2.45, 2.75) is 310 Å². The van der Waals surface area contributed by atoms with Crippen molar-refractivity contribution in [1.82, 2.24) is 58.7 Å². The van der Waals surface area contributed by atoms with Gasteiger partial charge in [0.2, 0.25) is 11.4 Å². The Morgan fingerprint density at radius 3 is 1.02 bits per heavy atom. The second kappa shape index (κ2) is 29.1. The van der Waals surface area contributed by atoms with Gasteiger partial charge >= 0.3 is 0 Å². The molecule has 0 amide bonds. The van der Waals surface area contributed by atoms with E-state index in [1.54, 1.807) is 0 Å². The number of aliphatic hydroxyl groups is 2. The number of Topliss-reactive ketones (excluding diaryl/α,β-unsaturated/α-hetero) is 2. The molecule has 0 radical (unpaired) electrons.